The largest absolute Gasteiger partial charge is 0.481 e. The summed E-state index contributed by atoms with van der Waals surface area (Å²) in [6.07, 6.45) is 9.41. The number of carbonyl (C=O) groups is 1. The third-order valence-electron chi connectivity index (χ3n) is 6.48. The molecule has 98 valence electrons. The van der Waals surface area contributed by atoms with E-state index in [2.05, 4.69) is 12.8 Å². The van der Waals surface area contributed by atoms with Gasteiger partial charge in [0, 0.05) is 10.8 Å². The molecule has 0 aliphatic heterocycles. The fraction of sp³-hybridized carbons (Fsp3) is 0.800. The van der Waals surface area contributed by atoms with Gasteiger partial charge in [-0.25, -0.2) is 0 Å². The van der Waals surface area contributed by atoms with Crippen molar-refractivity contribution in [3.05, 3.63) is 0 Å². The minimum absolute atomic E-state index is 0.0439. The van der Waals surface area contributed by atoms with E-state index in [9.17, 15) is 9.90 Å². The molecule has 0 aromatic rings. The minimum atomic E-state index is -0.728. The molecule has 0 aromatic carbocycles. The summed E-state index contributed by atoms with van der Waals surface area (Å²) in [5.74, 6) is 4.24. The molecule has 3 nitrogen and oxygen atoms in total. The molecule has 18 heavy (non-hydrogen) atoms. The van der Waals surface area contributed by atoms with Gasteiger partial charge in [-0.3, -0.25) is 4.79 Å². The van der Waals surface area contributed by atoms with Gasteiger partial charge in [-0.2, -0.15) is 0 Å². The summed E-state index contributed by atoms with van der Waals surface area (Å²) in [7, 11) is 0. The first-order valence-corrected chi connectivity index (χ1v) is 6.92. The molecule has 3 fully saturated rings. The average molecular weight is 247 g/mol. The van der Waals surface area contributed by atoms with Crippen molar-refractivity contribution in [1.29, 1.82) is 0 Å². The van der Waals surface area contributed by atoms with Gasteiger partial charge in [0.1, 0.15) is 0 Å². The van der Waals surface area contributed by atoms with Crippen LogP contribution in [0.2, 0.25) is 0 Å². The van der Waals surface area contributed by atoms with E-state index in [4.69, 9.17) is 12.2 Å². The Bertz CT molecular complexity index is 430. The molecule has 3 heteroatoms. The maximum absolute atomic E-state index is 11.2. The predicted octanol–water partition coefficient (Wildman–Crippen LogP) is 1.72. The summed E-state index contributed by atoms with van der Waals surface area (Å²) in [4.78, 5) is 11.2. The van der Waals surface area contributed by atoms with Crippen LogP contribution in [0, 0.1) is 46.8 Å². The van der Waals surface area contributed by atoms with Crippen LogP contribution >= 0.6 is 0 Å². The molecular weight excluding hydrogens is 226 g/mol. The number of fused-ring (bicyclic) bond motifs is 1. The summed E-state index contributed by atoms with van der Waals surface area (Å²) in [5.41, 5.74) is 5.72. The zero-order chi connectivity index (χ0) is 13.1. The van der Waals surface area contributed by atoms with Crippen molar-refractivity contribution in [1.82, 2.24) is 0 Å². The van der Waals surface area contributed by atoms with Gasteiger partial charge in [-0.15, -0.1) is 6.42 Å². The molecule has 3 saturated carbocycles. The summed E-state index contributed by atoms with van der Waals surface area (Å²) >= 11 is 0. The number of rotatable bonds is 3. The number of terminal acetylenes is 1. The van der Waals surface area contributed by atoms with Crippen LogP contribution in [0.15, 0.2) is 0 Å². The van der Waals surface area contributed by atoms with E-state index in [1.165, 1.54) is 6.42 Å². The van der Waals surface area contributed by atoms with Crippen LogP contribution in [0.4, 0.5) is 0 Å². The number of carboxylic acids is 1. The van der Waals surface area contributed by atoms with Gasteiger partial charge in [0.2, 0.25) is 0 Å². The Morgan fingerprint density at radius 3 is 2.78 bits per heavy atom. The third-order valence-corrected chi connectivity index (χ3v) is 6.48. The van der Waals surface area contributed by atoms with Crippen molar-refractivity contribution < 1.29 is 9.90 Å². The molecule has 0 spiro atoms. The van der Waals surface area contributed by atoms with Crippen molar-refractivity contribution in [2.24, 2.45) is 40.2 Å². The van der Waals surface area contributed by atoms with E-state index >= 15 is 0 Å². The molecule has 2 bridgehead atoms. The topological polar surface area (TPSA) is 63.3 Å². The van der Waals surface area contributed by atoms with Crippen LogP contribution < -0.4 is 5.73 Å². The average Bonchev–Trinajstić information content (AvgIpc) is 2.51. The fourth-order valence-electron chi connectivity index (χ4n) is 5.79. The monoisotopic (exact) mass is 247 g/mol. The molecule has 0 saturated heterocycles. The number of hydrogen-bond donors (Lipinski definition) is 2. The molecule has 0 amide bonds. The number of nitrogens with two attached hydrogens (primary N) is 1. The Labute approximate surface area is 108 Å². The highest BCUT2D eigenvalue weighted by Crippen LogP contribution is 2.78. The molecule has 0 radical (unpaired) electrons. The number of hydrogen-bond acceptors (Lipinski definition) is 2. The first-order chi connectivity index (χ1) is 8.52. The molecule has 3 rings (SSSR count). The first kappa shape index (κ1) is 12.0. The molecular formula is C15H21NO2. The lowest BCUT2D eigenvalue weighted by atomic mass is 9.36. The second-order valence-electron chi connectivity index (χ2n) is 6.55. The maximum atomic E-state index is 11.2. The molecule has 0 heterocycles. The van der Waals surface area contributed by atoms with Crippen LogP contribution in [0.25, 0.3) is 0 Å². The fourth-order valence-corrected chi connectivity index (χ4v) is 5.79. The molecule has 3 aliphatic carbocycles. The van der Waals surface area contributed by atoms with Gasteiger partial charge in [0.15, 0.2) is 0 Å². The second-order valence-corrected chi connectivity index (χ2v) is 6.55. The normalized spacial score (nSPS) is 52.5. The Balaban J connectivity index is 2.03. The van der Waals surface area contributed by atoms with Gasteiger partial charge < -0.3 is 10.8 Å². The van der Waals surface area contributed by atoms with Crippen molar-refractivity contribution >= 4 is 5.97 Å². The smallest absolute Gasteiger partial charge is 0.303 e. The second kappa shape index (κ2) is 3.51. The molecule has 3 N–H and O–H groups in total. The minimum Gasteiger partial charge on any atom is -0.481 e. The number of aliphatic carboxylic acids is 1. The Morgan fingerprint density at radius 2 is 2.22 bits per heavy atom. The predicted molar refractivity (Wildman–Crippen MR) is 68.5 cm³/mol. The highest BCUT2D eigenvalue weighted by atomic mass is 16.4. The lowest BCUT2D eigenvalue weighted by Crippen LogP contribution is -2.67. The first-order valence-electron chi connectivity index (χ1n) is 6.92. The Morgan fingerprint density at radius 1 is 1.50 bits per heavy atom. The quantitative estimate of drug-likeness (QED) is 0.746. The molecule has 0 aromatic heterocycles. The molecule has 6 atom stereocenters. The molecule has 2 unspecified atom stereocenters. The summed E-state index contributed by atoms with van der Waals surface area (Å²) in [5, 5.41) is 9.21. The summed E-state index contributed by atoms with van der Waals surface area (Å²) in [6, 6.07) is 0. The maximum Gasteiger partial charge on any atom is 0.303 e. The van der Waals surface area contributed by atoms with Crippen molar-refractivity contribution in [3.63, 3.8) is 0 Å². The van der Waals surface area contributed by atoms with E-state index in [1.54, 1.807) is 0 Å². The highest BCUT2D eigenvalue weighted by Gasteiger charge is 2.76. The lowest BCUT2D eigenvalue weighted by molar-refractivity contribution is -0.186. The molecule has 3 aliphatic rings. The highest BCUT2D eigenvalue weighted by molar-refractivity contribution is 5.68. The Hall–Kier alpha value is -1.01. The van der Waals surface area contributed by atoms with E-state index in [1.807, 2.05) is 0 Å². The van der Waals surface area contributed by atoms with Crippen molar-refractivity contribution in [3.8, 4) is 12.3 Å². The summed E-state index contributed by atoms with van der Waals surface area (Å²) in [6.45, 7) is 2.73. The van der Waals surface area contributed by atoms with Gasteiger partial charge in [-0.05, 0) is 49.5 Å². The Kier molecular flexibility index (Phi) is 2.35. The van der Waals surface area contributed by atoms with Gasteiger partial charge in [0.25, 0.3) is 0 Å². The van der Waals surface area contributed by atoms with Gasteiger partial charge in [-0.1, -0.05) is 12.8 Å². The van der Waals surface area contributed by atoms with Crippen LogP contribution in [-0.4, -0.2) is 17.6 Å². The number of carboxylic acid groups (broad SMARTS) is 1. The van der Waals surface area contributed by atoms with E-state index in [-0.39, 0.29) is 17.3 Å². The van der Waals surface area contributed by atoms with E-state index in [0.717, 1.165) is 12.8 Å². The van der Waals surface area contributed by atoms with Crippen LogP contribution in [0.5, 0.6) is 0 Å². The zero-order valence-electron chi connectivity index (χ0n) is 10.9. The van der Waals surface area contributed by atoms with Gasteiger partial charge >= 0.3 is 5.97 Å². The zero-order valence-corrected chi connectivity index (χ0v) is 10.9. The third kappa shape index (κ3) is 1.04. The SMILES string of the molecule is C#CC12C3CC[C@H](C[C@@H]1[C@]3(CN)CC(=O)O)[C@@H]2C. The van der Waals surface area contributed by atoms with E-state index < -0.39 is 5.97 Å². The van der Waals surface area contributed by atoms with Crippen LogP contribution in [-0.2, 0) is 4.79 Å². The van der Waals surface area contributed by atoms with E-state index in [0.29, 0.717) is 30.2 Å². The standard InChI is InChI=1S/C15H21NO2/c1-3-15-9(2)10-4-5-11(15)14(8-16,7-13(17)18)12(15)6-10/h1,9-12H,4-8,16H2,2H3,(H,17,18)/t9-,10+,11?,12+,14-,15?/m0/s1. The van der Waals surface area contributed by atoms with Crippen molar-refractivity contribution in [2.45, 2.75) is 32.6 Å². The van der Waals surface area contributed by atoms with Crippen LogP contribution in [0.3, 0.4) is 0 Å². The lowest BCUT2D eigenvalue weighted by Gasteiger charge is -2.66. The van der Waals surface area contributed by atoms with Crippen molar-refractivity contribution in [2.75, 3.05) is 6.54 Å². The summed E-state index contributed by atoms with van der Waals surface area (Å²) < 4.78 is 0. The van der Waals surface area contributed by atoms with Crippen LogP contribution in [0.1, 0.15) is 32.6 Å². The van der Waals surface area contributed by atoms with Gasteiger partial charge in [0.05, 0.1) is 6.42 Å².